The molecular weight excluding hydrogens is 266 g/mol. The lowest BCUT2D eigenvalue weighted by Gasteiger charge is -2.11. The number of aryl methyl sites for hydroxylation is 1. The van der Waals surface area contributed by atoms with Gasteiger partial charge in [0.05, 0.1) is 0 Å². The SMILES string of the molecule is Cc1ccc(C(O)c2cc(F)c(F)cc2Cl)s1. The highest BCUT2D eigenvalue weighted by atomic mass is 35.5. The third-order valence-electron chi connectivity index (χ3n) is 2.36. The van der Waals surface area contributed by atoms with Crippen LogP contribution in [0.1, 0.15) is 21.4 Å². The van der Waals surface area contributed by atoms with Gasteiger partial charge in [-0.05, 0) is 31.2 Å². The summed E-state index contributed by atoms with van der Waals surface area (Å²) in [5.74, 6) is -2.04. The van der Waals surface area contributed by atoms with E-state index in [9.17, 15) is 13.9 Å². The summed E-state index contributed by atoms with van der Waals surface area (Å²) >= 11 is 7.18. The molecular formula is C12H9ClF2OS. The summed E-state index contributed by atoms with van der Waals surface area (Å²) in [6.45, 7) is 1.90. The zero-order chi connectivity index (χ0) is 12.6. The molecule has 1 nitrogen and oxygen atoms in total. The smallest absolute Gasteiger partial charge is 0.160 e. The number of aliphatic hydroxyl groups excluding tert-OH is 1. The molecule has 1 aromatic heterocycles. The molecule has 0 bridgehead atoms. The lowest BCUT2D eigenvalue weighted by molar-refractivity contribution is 0.223. The molecule has 1 N–H and O–H groups in total. The zero-order valence-electron chi connectivity index (χ0n) is 8.88. The largest absolute Gasteiger partial charge is 0.383 e. The van der Waals surface area contributed by atoms with Gasteiger partial charge in [0.2, 0.25) is 0 Å². The molecule has 0 aliphatic heterocycles. The van der Waals surface area contributed by atoms with Gasteiger partial charge in [0.15, 0.2) is 11.6 Å². The topological polar surface area (TPSA) is 20.2 Å². The number of thiophene rings is 1. The first-order valence-corrected chi connectivity index (χ1v) is 6.07. The fourth-order valence-electron chi connectivity index (χ4n) is 1.50. The van der Waals surface area contributed by atoms with Gasteiger partial charge in [-0.15, -0.1) is 11.3 Å². The summed E-state index contributed by atoms with van der Waals surface area (Å²) in [5.41, 5.74) is 0.174. The Morgan fingerprint density at radius 1 is 1.24 bits per heavy atom. The van der Waals surface area contributed by atoms with Crippen molar-refractivity contribution < 1.29 is 13.9 Å². The molecule has 1 heterocycles. The van der Waals surface area contributed by atoms with Crippen molar-refractivity contribution in [2.75, 3.05) is 0 Å². The Bertz CT molecular complexity index is 553. The first-order valence-electron chi connectivity index (χ1n) is 4.88. The summed E-state index contributed by atoms with van der Waals surface area (Å²) in [5, 5.41) is 10.1. The van der Waals surface area contributed by atoms with Gasteiger partial charge < -0.3 is 5.11 Å². The molecule has 0 radical (unpaired) electrons. The highest BCUT2D eigenvalue weighted by Gasteiger charge is 2.18. The fraction of sp³-hybridized carbons (Fsp3) is 0.167. The van der Waals surface area contributed by atoms with Crippen molar-refractivity contribution in [3.05, 3.63) is 56.2 Å². The Morgan fingerprint density at radius 2 is 1.88 bits per heavy atom. The average Bonchev–Trinajstić information content (AvgIpc) is 2.69. The van der Waals surface area contributed by atoms with E-state index < -0.39 is 17.7 Å². The van der Waals surface area contributed by atoms with Crippen molar-refractivity contribution in [2.45, 2.75) is 13.0 Å². The van der Waals surface area contributed by atoms with E-state index in [4.69, 9.17) is 11.6 Å². The van der Waals surface area contributed by atoms with E-state index in [1.165, 1.54) is 11.3 Å². The lowest BCUT2D eigenvalue weighted by atomic mass is 10.1. The van der Waals surface area contributed by atoms with Crippen molar-refractivity contribution >= 4 is 22.9 Å². The molecule has 0 aliphatic rings. The van der Waals surface area contributed by atoms with Crippen molar-refractivity contribution in [3.8, 4) is 0 Å². The van der Waals surface area contributed by atoms with Gasteiger partial charge in [-0.25, -0.2) is 8.78 Å². The van der Waals surface area contributed by atoms with Crippen LogP contribution in [0.2, 0.25) is 5.02 Å². The average molecular weight is 275 g/mol. The molecule has 90 valence electrons. The molecule has 0 saturated carbocycles. The van der Waals surface area contributed by atoms with Gasteiger partial charge >= 0.3 is 0 Å². The van der Waals surface area contributed by atoms with Crippen LogP contribution in [0.5, 0.6) is 0 Å². The molecule has 0 fully saturated rings. The normalized spacial score (nSPS) is 12.8. The van der Waals surface area contributed by atoms with Crippen LogP contribution in [-0.2, 0) is 0 Å². The maximum Gasteiger partial charge on any atom is 0.160 e. The molecule has 1 unspecified atom stereocenters. The predicted molar refractivity (Wildman–Crippen MR) is 64.5 cm³/mol. The van der Waals surface area contributed by atoms with Gasteiger partial charge in [0.1, 0.15) is 6.10 Å². The van der Waals surface area contributed by atoms with Gasteiger partial charge in [0.25, 0.3) is 0 Å². The maximum atomic E-state index is 13.1. The monoisotopic (exact) mass is 274 g/mol. The summed E-state index contributed by atoms with van der Waals surface area (Å²) in [7, 11) is 0. The van der Waals surface area contributed by atoms with Crippen molar-refractivity contribution in [3.63, 3.8) is 0 Å². The van der Waals surface area contributed by atoms with Gasteiger partial charge in [-0.1, -0.05) is 11.6 Å². The second kappa shape index (κ2) is 4.72. The number of benzene rings is 1. The zero-order valence-corrected chi connectivity index (χ0v) is 10.4. The van der Waals surface area contributed by atoms with Gasteiger partial charge in [0, 0.05) is 20.3 Å². The second-order valence-electron chi connectivity index (χ2n) is 3.64. The van der Waals surface area contributed by atoms with E-state index in [0.29, 0.717) is 4.88 Å². The van der Waals surface area contributed by atoms with E-state index in [-0.39, 0.29) is 10.6 Å². The van der Waals surface area contributed by atoms with Crippen molar-refractivity contribution in [1.29, 1.82) is 0 Å². The maximum absolute atomic E-state index is 13.1. The molecule has 17 heavy (non-hydrogen) atoms. The molecule has 2 rings (SSSR count). The van der Waals surface area contributed by atoms with Gasteiger partial charge in [-0.2, -0.15) is 0 Å². The third kappa shape index (κ3) is 2.49. The summed E-state index contributed by atoms with van der Waals surface area (Å²) in [6, 6.07) is 5.38. The fourth-order valence-corrected chi connectivity index (χ4v) is 2.64. The van der Waals surface area contributed by atoms with Crippen LogP contribution in [0, 0.1) is 18.6 Å². The predicted octanol–water partition coefficient (Wildman–Crippen LogP) is 4.07. The number of hydrogen-bond donors (Lipinski definition) is 1. The third-order valence-corrected chi connectivity index (χ3v) is 3.75. The van der Waals surface area contributed by atoms with Crippen LogP contribution in [0.15, 0.2) is 24.3 Å². The molecule has 1 atom stereocenters. The molecule has 2 aromatic rings. The number of aliphatic hydroxyl groups is 1. The Labute approximate surface area is 106 Å². The molecule has 5 heteroatoms. The standard InChI is InChI=1S/C12H9ClF2OS/c1-6-2-3-11(17-6)12(16)7-4-9(14)10(15)5-8(7)13/h2-5,12,16H,1H3. The van der Waals surface area contributed by atoms with Crippen LogP contribution in [0.4, 0.5) is 8.78 Å². The lowest BCUT2D eigenvalue weighted by Crippen LogP contribution is -2.00. The number of halogens is 3. The van der Waals surface area contributed by atoms with E-state index in [1.54, 1.807) is 6.07 Å². The van der Waals surface area contributed by atoms with Crippen LogP contribution in [0.25, 0.3) is 0 Å². The highest BCUT2D eigenvalue weighted by Crippen LogP contribution is 2.33. The second-order valence-corrected chi connectivity index (χ2v) is 5.37. The molecule has 0 aliphatic carbocycles. The Hall–Kier alpha value is -0.970. The Morgan fingerprint density at radius 3 is 2.47 bits per heavy atom. The molecule has 0 spiro atoms. The van der Waals surface area contributed by atoms with Gasteiger partial charge in [-0.3, -0.25) is 0 Å². The number of rotatable bonds is 2. The van der Waals surface area contributed by atoms with E-state index in [1.807, 2.05) is 13.0 Å². The van der Waals surface area contributed by atoms with Crippen LogP contribution >= 0.6 is 22.9 Å². The minimum absolute atomic E-state index is 0.0162. The molecule has 1 aromatic carbocycles. The van der Waals surface area contributed by atoms with Crippen LogP contribution in [0.3, 0.4) is 0 Å². The van der Waals surface area contributed by atoms with Crippen LogP contribution < -0.4 is 0 Å². The Balaban J connectivity index is 2.43. The summed E-state index contributed by atoms with van der Waals surface area (Å²) < 4.78 is 26.0. The van der Waals surface area contributed by atoms with E-state index >= 15 is 0 Å². The molecule has 0 saturated heterocycles. The summed E-state index contributed by atoms with van der Waals surface area (Å²) in [4.78, 5) is 1.67. The minimum Gasteiger partial charge on any atom is -0.383 e. The van der Waals surface area contributed by atoms with Crippen LogP contribution in [-0.4, -0.2) is 5.11 Å². The first kappa shape index (κ1) is 12.5. The molecule has 0 amide bonds. The van der Waals surface area contributed by atoms with Crippen molar-refractivity contribution in [2.24, 2.45) is 0 Å². The summed E-state index contributed by atoms with van der Waals surface area (Å²) in [6.07, 6.45) is -1.03. The Kier molecular flexibility index (Phi) is 3.47. The van der Waals surface area contributed by atoms with E-state index in [0.717, 1.165) is 17.0 Å². The van der Waals surface area contributed by atoms with Crippen molar-refractivity contribution in [1.82, 2.24) is 0 Å². The minimum atomic E-state index is -1.03. The van der Waals surface area contributed by atoms with E-state index in [2.05, 4.69) is 0 Å². The number of hydrogen-bond acceptors (Lipinski definition) is 2. The highest BCUT2D eigenvalue weighted by molar-refractivity contribution is 7.12. The quantitative estimate of drug-likeness (QED) is 0.819. The first-order chi connectivity index (χ1) is 7.99.